The molecule has 2 bridgehead atoms. The van der Waals surface area contributed by atoms with E-state index in [0.717, 1.165) is 63.2 Å². The summed E-state index contributed by atoms with van der Waals surface area (Å²) >= 11 is 0. The van der Waals surface area contributed by atoms with Crippen molar-refractivity contribution >= 4 is 29.9 Å². The van der Waals surface area contributed by atoms with Crippen molar-refractivity contribution in [2.45, 2.75) is 57.7 Å². The summed E-state index contributed by atoms with van der Waals surface area (Å²) in [6.07, 6.45) is 5.95. The maximum atomic E-state index is 5.58. The van der Waals surface area contributed by atoms with Crippen molar-refractivity contribution in [2.24, 2.45) is 16.8 Å². The molecule has 0 aromatic rings. The Bertz CT molecular complexity index is 525. The molecule has 1 N–H and O–H groups in total. The van der Waals surface area contributed by atoms with Gasteiger partial charge in [0.1, 0.15) is 0 Å². The Kier molecular flexibility index (Phi) is 8.27. The zero-order chi connectivity index (χ0) is 18.8. The van der Waals surface area contributed by atoms with Gasteiger partial charge < -0.3 is 15.0 Å². The fourth-order valence-electron chi connectivity index (χ4n) is 6.01. The molecule has 4 fully saturated rings. The highest BCUT2D eigenvalue weighted by atomic mass is 127. The first-order chi connectivity index (χ1) is 13.2. The van der Waals surface area contributed by atoms with Crippen LogP contribution >= 0.6 is 24.0 Å². The molecule has 2 saturated carbocycles. The molecule has 2 heterocycles. The lowest BCUT2D eigenvalue weighted by molar-refractivity contribution is -0.0175. The number of hydrogen-bond acceptors (Lipinski definition) is 4. The number of halogens is 1. The molecular weight excluding hydrogens is 465 g/mol. The Morgan fingerprint density at radius 3 is 2.54 bits per heavy atom. The predicted octanol–water partition coefficient (Wildman–Crippen LogP) is 2.10. The maximum absolute atomic E-state index is 5.58. The quantitative estimate of drug-likeness (QED) is 0.360. The number of nitrogens with one attached hydrogen (secondary N) is 1. The highest BCUT2D eigenvalue weighted by Crippen LogP contribution is 2.46. The maximum Gasteiger partial charge on any atom is 0.193 e. The Morgan fingerprint density at radius 1 is 1.14 bits per heavy atom. The summed E-state index contributed by atoms with van der Waals surface area (Å²) in [5, 5.41) is 3.64. The van der Waals surface area contributed by atoms with Gasteiger partial charge in [-0.2, -0.15) is 0 Å². The van der Waals surface area contributed by atoms with Crippen LogP contribution in [0, 0.1) is 11.8 Å². The van der Waals surface area contributed by atoms with Gasteiger partial charge in [-0.05, 0) is 44.9 Å². The van der Waals surface area contributed by atoms with E-state index < -0.39 is 0 Å². The second-order valence-electron chi connectivity index (χ2n) is 9.20. The third-order valence-electron chi connectivity index (χ3n) is 7.54. The minimum Gasteiger partial charge on any atom is -0.379 e. The molecule has 4 aliphatic rings. The van der Waals surface area contributed by atoms with Crippen molar-refractivity contribution in [1.29, 1.82) is 0 Å². The first-order valence-corrected chi connectivity index (χ1v) is 11.2. The van der Waals surface area contributed by atoms with E-state index in [-0.39, 0.29) is 24.0 Å². The Balaban J connectivity index is 0.00000225. The van der Waals surface area contributed by atoms with Crippen LogP contribution in [0.4, 0.5) is 0 Å². The van der Waals surface area contributed by atoms with Crippen molar-refractivity contribution in [3.05, 3.63) is 0 Å². The van der Waals surface area contributed by atoms with Crippen LogP contribution in [0.2, 0.25) is 0 Å². The van der Waals surface area contributed by atoms with Crippen molar-refractivity contribution in [3.63, 3.8) is 0 Å². The van der Waals surface area contributed by atoms with Crippen molar-refractivity contribution < 1.29 is 4.74 Å². The van der Waals surface area contributed by atoms with Crippen LogP contribution in [0.25, 0.3) is 0 Å². The van der Waals surface area contributed by atoms with E-state index in [0.29, 0.717) is 12.1 Å². The van der Waals surface area contributed by atoms with Gasteiger partial charge >= 0.3 is 0 Å². The molecule has 6 nitrogen and oxygen atoms in total. The molecular formula is C21H40IN5O. The average molecular weight is 505 g/mol. The zero-order valence-corrected chi connectivity index (χ0v) is 20.3. The van der Waals surface area contributed by atoms with Crippen LogP contribution in [0.3, 0.4) is 0 Å². The van der Waals surface area contributed by atoms with Gasteiger partial charge in [-0.15, -0.1) is 24.0 Å². The lowest BCUT2D eigenvalue weighted by atomic mass is 9.93. The van der Waals surface area contributed by atoms with Gasteiger partial charge in [0.2, 0.25) is 0 Å². The second-order valence-corrected chi connectivity index (χ2v) is 9.20. The standard InChI is InChI=1S/C21H39N5O.HI/c1-16(26-10-11-27-15-17(26)2)14-23-21(22-3)25-8-6-24(7-9-25)20-13-18-4-5-19(20)12-18;/h16-20H,4-15H2,1-3H3,(H,22,23);1H. The number of guanidine groups is 1. The Morgan fingerprint density at radius 2 is 1.93 bits per heavy atom. The summed E-state index contributed by atoms with van der Waals surface area (Å²) in [6, 6.07) is 1.88. The summed E-state index contributed by atoms with van der Waals surface area (Å²) < 4.78 is 5.58. The molecule has 2 aliphatic heterocycles. The molecule has 2 aliphatic carbocycles. The lowest BCUT2D eigenvalue weighted by Crippen LogP contribution is -2.57. The molecule has 5 atom stereocenters. The van der Waals surface area contributed by atoms with Crippen LogP contribution < -0.4 is 5.32 Å². The van der Waals surface area contributed by atoms with Crippen LogP contribution in [0.5, 0.6) is 0 Å². The predicted molar refractivity (Wildman–Crippen MR) is 126 cm³/mol. The number of fused-ring (bicyclic) bond motifs is 2. The molecule has 7 heteroatoms. The molecule has 162 valence electrons. The summed E-state index contributed by atoms with van der Waals surface area (Å²) in [6.45, 7) is 12.9. The van der Waals surface area contributed by atoms with E-state index in [4.69, 9.17) is 4.74 Å². The highest BCUT2D eigenvalue weighted by molar-refractivity contribution is 14.0. The minimum atomic E-state index is 0. The normalized spacial score (nSPS) is 35.7. The van der Waals surface area contributed by atoms with E-state index >= 15 is 0 Å². The largest absolute Gasteiger partial charge is 0.379 e. The van der Waals surface area contributed by atoms with Gasteiger partial charge in [-0.3, -0.25) is 14.8 Å². The number of piperazine rings is 1. The first kappa shape index (κ1) is 22.6. The molecule has 5 unspecified atom stereocenters. The summed E-state index contributed by atoms with van der Waals surface area (Å²) in [5.41, 5.74) is 0. The third-order valence-corrected chi connectivity index (χ3v) is 7.54. The summed E-state index contributed by atoms with van der Waals surface area (Å²) in [7, 11) is 1.92. The van der Waals surface area contributed by atoms with E-state index in [2.05, 4.69) is 38.9 Å². The zero-order valence-electron chi connectivity index (χ0n) is 18.0. The molecule has 0 radical (unpaired) electrons. The van der Waals surface area contributed by atoms with Gasteiger partial charge in [0, 0.05) is 64.4 Å². The van der Waals surface area contributed by atoms with Crippen molar-refractivity contribution in [3.8, 4) is 0 Å². The van der Waals surface area contributed by atoms with Gasteiger partial charge in [-0.25, -0.2) is 0 Å². The molecule has 4 rings (SSSR count). The number of ether oxygens (including phenoxy) is 1. The topological polar surface area (TPSA) is 43.3 Å². The van der Waals surface area contributed by atoms with E-state index in [1.807, 2.05) is 7.05 Å². The fourth-order valence-corrected chi connectivity index (χ4v) is 6.01. The van der Waals surface area contributed by atoms with Crippen LogP contribution in [0.1, 0.15) is 39.5 Å². The number of aliphatic imine (C=N–C) groups is 1. The van der Waals surface area contributed by atoms with Crippen molar-refractivity contribution in [2.75, 3.05) is 59.5 Å². The molecule has 0 aromatic carbocycles. The van der Waals surface area contributed by atoms with Gasteiger partial charge in [0.05, 0.1) is 13.2 Å². The molecule has 0 aromatic heterocycles. The Labute approximate surface area is 188 Å². The average Bonchev–Trinajstić information content (AvgIpc) is 3.33. The smallest absolute Gasteiger partial charge is 0.193 e. The van der Waals surface area contributed by atoms with E-state index in [1.165, 1.54) is 38.8 Å². The first-order valence-electron chi connectivity index (χ1n) is 11.2. The number of nitrogens with zero attached hydrogens (tertiary/aromatic N) is 4. The Hall–Kier alpha value is -0.120. The van der Waals surface area contributed by atoms with Gasteiger partial charge in [0.15, 0.2) is 5.96 Å². The van der Waals surface area contributed by atoms with E-state index in [1.54, 1.807) is 0 Å². The SMILES string of the molecule is CN=C(NCC(C)N1CCOCC1C)N1CCN(C2CC3CCC2C3)CC1.I. The summed E-state index contributed by atoms with van der Waals surface area (Å²) in [4.78, 5) is 12.4. The fraction of sp³-hybridized carbons (Fsp3) is 0.952. The molecule has 2 saturated heterocycles. The van der Waals surface area contributed by atoms with Crippen LogP contribution in [-0.4, -0.2) is 98.3 Å². The number of rotatable bonds is 4. The van der Waals surface area contributed by atoms with Gasteiger partial charge in [-0.1, -0.05) is 6.42 Å². The number of hydrogen-bond donors (Lipinski definition) is 1. The van der Waals surface area contributed by atoms with Crippen LogP contribution in [0.15, 0.2) is 4.99 Å². The third kappa shape index (κ3) is 4.95. The van der Waals surface area contributed by atoms with E-state index in [9.17, 15) is 0 Å². The molecule has 28 heavy (non-hydrogen) atoms. The lowest BCUT2D eigenvalue weighted by Gasteiger charge is -2.42. The van der Waals surface area contributed by atoms with Gasteiger partial charge in [0.25, 0.3) is 0 Å². The minimum absolute atomic E-state index is 0. The molecule has 0 amide bonds. The second kappa shape index (κ2) is 10.3. The molecule has 0 spiro atoms. The summed E-state index contributed by atoms with van der Waals surface area (Å²) in [5.74, 6) is 3.11. The highest BCUT2D eigenvalue weighted by Gasteiger charge is 2.42. The van der Waals surface area contributed by atoms with Crippen molar-refractivity contribution in [1.82, 2.24) is 20.0 Å². The monoisotopic (exact) mass is 505 g/mol. The number of morpholine rings is 1. The van der Waals surface area contributed by atoms with Crippen LogP contribution in [-0.2, 0) is 4.74 Å².